The summed E-state index contributed by atoms with van der Waals surface area (Å²) in [6.45, 7) is 0. The van der Waals surface area contributed by atoms with E-state index < -0.39 is 11.7 Å². The predicted molar refractivity (Wildman–Crippen MR) is 78.2 cm³/mol. The van der Waals surface area contributed by atoms with Crippen LogP contribution in [0.4, 0.5) is 15.8 Å². The number of halogens is 3. The molecule has 2 rings (SSSR count). The van der Waals surface area contributed by atoms with Crippen LogP contribution in [0.5, 0.6) is 0 Å². The molecule has 1 aromatic heterocycles. The minimum Gasteiger partial charge on any atom is -0.388 e. The van der Waals surface area contributed by atoms with E-state index in [1.165, 1.54) is 18.3 Å². The SMILES string of the molecule is CNc1ccnc(C(=O)Nc2cc(Cl)c(F)c(Cl)c2)c1. The number of hydrogen-bond acceptors (Lipinski definition) is 3. The van der Waals surface area contributed by atoms with E-state index in [1.54, 1.807) is 19.2 Å². The van der Waals surface area contributed by atoms with Crippen molar-refractivity contribution in [1.82, 2.24) is 4.98 Å². The molecule has 0 saturated heterocycles. The molecule has 20 heavy (non-hydrogen) atoms. The topological polar surface area (TPSA) is 54.0 Å². The maximum atomic E-state index is 13.3. The van der Waals surface area contributed by atoms with Gasteiger partial charge < -0.3 is 10.6 Å². The number of aromatic nitrogens is 1. The van der Waals surface area contributed by atoms with Gasteiger partial charge in [0.1, 0.15) is 5.69 Å². The van der Waals surface area contributed by atoms with Crippen LogP contribution in [0.25, 0.3) is 0 Å². The zero-order valence-electron chi connectivity index (χ0n) is 10.4. The number of pyridine rings is 1. The molecular weight excluding hydrogens is 304 g/mol. The molecule has 0 saturated carbocycles. The van der Waals surface area contributed by atoms with Gasteiger partial charge in [0, 0.05) is 24.6 Å². The maximum absolute atomic E-state index is 13.3. The fourth-order valence-corrected chi connectivity index (χ4v) is 2.02. The predicted octanol–water partition coefficient (Wildman–Crippen LogP) is 3.82. The lowest BCUT2D eigenvalue weighted by Gasteiger charge is -2.08. The average Bonchev–Trinajstić information content (AvgIpc) is 2.44. The smallest absolute Gasteiger partial charge is 0.274 e. The van der Waals surface area contributed by atoms with Gasteiger partial charge in [0.25, 0.3) is 5.91 Å². The van der Waals surface area contributed by atoms with E-state index in [0.29, 0.717) is 5.69 Å². The van der Waals surface area contributed by atoms with Gasteiger partial charge in [-0.1, -0.05) is 23.2 Å². The van der Waals surface area contributed by atoms with Crippen LogP contribution in [-0.4, -0.2) is 17.9 Å². The van der Waals surface area contributed by atoms with Crippen molar-refractivity contribution >= 4 is 40.5 Å². The molecule has 4 nitrogen and oxygen atoms in total. The van der Waals surface area contributed by atoms with Crippen molar-refractivity contribution in [3.05, 3.63) is 52.0 Å². The van der Waals surface area contributed by atoms with Gasteiger partial charge >= 0.3 is 0 Å². The molecular formula is C13H10Cl2FN3O. The number of carbonyl (C=O) groups is 1. The Labute approximate surface area is 124 Å². The molecule has 0 atom stereocenters. The molecule has 0 aliphatic heterocycles. The van der Waals surface area contributed by atoms with E-state index in [1.807, 2.05) is 0 Å². The van der Waals surface area contributed by atoms with E-state index in [2.05, 4.69) is 15.6 Å². The molecule has 0 bridgehead atoms. The Morgan fingerprint density at radius 3 is 2.45 bits per heavy atom. The summed E-state index contributed by atoms with van der Waals surface area (Å²) in [6, 6.07) is 5.87. The Bertz CT molecular complexity index is 641. The van der Waals surface area contributed by atoms with Crippen LogP contribution in [0.3, 0.4) is 0 Å². The molecule has 0 fully saturated rings. The molecule has 1 heterocycles. The molecule has 0 aliphatic carbocycles. The van der Waals surface area contributed by atoms with E-state index in [0.717, 1.165) is 5.69 Å². The fraction of sp³-hybridized carbons (Fsp3) is 0.0769. The first-order valence-electron chi connectivity index (χ1n) is 5.61. The third kappa shape index (κ3) is 3.18. The monoisotopic (exact) mass is 313 g/mol. The Morgan fingerprint density at radius 1 is 1.20 bits per heavy atom. The summed E-state index contributed by atoms with van der Waals surface area (Å²) in [5.74, 6) is -1.16. The quantitative estimate of drug-likeness (QED) is 0.847. The first-order valence-corrected chi connectivity index (χ1v) is 6.36. The van der Waals surface area contributed by atoms with Gasteiger partial charge in [-0.3, -0.25) is 9.78 Å². The number of carbonyl (C=O) groups excluding carboxylic acids is 1. The second kappa shape index (κ2) is 6.07. The van der Waals surface area contributed by atoms with Gasteiger partial charge in [-0.25, -0.2) is 4.39 Å². The van der Waals surface area contributed by atoms with E-state index in [-0.39, 0.29) is 15.7 Å². The molecule has 1 amide bonds. The van der Waals surface area contributed by atoms with Crippen LogP contribution >= 0.6 is 23.2 Å². The van der Waals surface area contributed by atoms with Crippen LogP contribution in [0.2, 0.25) is 10.0 Å². The highest BCUT2D eigenvalue weighted by atomic mass is 35.5. The van der Waals surface area contributed by atoms with Crippen molar-refractivity contribution in [2.24, 2.45) is 0 Å². The molecule has 104 valence electrons. The number of hydrogen-bond donors (Lipinski definition) is 2. The molecule has 0 spiro atoms. The van der Waals surface area contributed by atoms with Gasteiger partial charge in [0.05, 0.1) is 10.0 Å². The number of nitrogens with one attached hydrogen (secondary N) is 2. The number of amides is 1. The van der Waals surface area contributed by atoms with Crippen LogP contribution in [-0.2, 0) is 0 Å². The van der Waals surface area contributed by atoms with Crippen molar-refractivity contribution in [1.29, 1.82) is 0 Å². The number of rotatable bonds is 3. The minimum absolute atomic E-state index is 0.162. The maximum Gasteiger partial charge on any atom is 0.274 e. The summed E-state index contributed by atoms with van der Waals surface area (Å²) in [7, 11) is 1.73. The van der Waals surface area contributed by atoms with Gasteiger partial charge in [0.15, 0.2) is 5.82 Å². The Kier molecular flexibility index (Phi) is 4.42. The van der Waals surface area contributed by atoms with E-state index in [9.17, 15) is 9.18 Å². The van der Waals surface area contributed by atoms with E-state index in [4.69, 9.17) is 23.2 Å². The molecule has 0 aliphatic rings. The van der Waals surface area contributed by atoms with Crippen LogP contribution in [0.1, 0.15) is 10.5 Å². The first-order chi connectivity index (χ1) is 9.51. The zero-order chi connectivity index (χ0) is 14.7. The number of nitrogens with zero attached hydrogens (tertiary/aromatic N) is 1. The Balaban J connectivity index is 2.23. The standard InChI is InChI=1S/C13H10Cl2FN3O/c1-17-7-2-3-18-11(6-7)13(20)19-8-4-9(14)12(16)10(15)5-8/h2-6H,1H3,(H,17,18)(H,19,20). The van der Waals surface area contributed by atoms with Crippen molar-refractivity contribution < 1.29 is 9.18 Å². The van der Waals surface area contributed by atoms with Crippen molar-refractivity contribution in [3.63, 3.8) is 0 Å². The van der Waals surface area contributed by atoms with Gasteiger partial charge in [-0.2, -0.15) is 0 Å². The molecule has 2 N–H and O–H groups in total. The average molecular weight is 314 g/mol. The first kappa shape index (κ1) is 14.6. The lowest BCUT2D eigenvalue weighted by Crippen LogP contribution is -2.14. The fourth-order valence-electron chi connectivity index (χ4n) is 1.53. The molecule has 1 aromatic carbocycles. The highest BCUT2D eigenvalue weighted by Gasteiger charge is 2.12. The second-order valence-corrected chi connectivity index (χ2v) is 4.70. The molecule has 0 unspecified atom stereocenters. The second-order valence-electron chi connectivity index (χ2n) is 3.89. The third-order valence-electron chi connectivity index (χ3n) is 2.52. The molecule has 0 radical (unpaired) electrons. The van der Waals surface area contributed by atoms with Crippen molar-refractivity contribution in [2.75, 3.05) is 17.7 Å². The summed E-state index contributed by atoms with van der Waals surface area (Å²) in [5.41, 5.74) is 1.26. The normalized spacial score (nSPS) is 10.2. The summed E-state index contributed by atoms with van der Waals surface area (Å²) >= 11 is 11.3. The van der Waals surface area contributed by atoms with Crippen LogP contribution in [0, 0.1) is 5.82 Å². The number of benzene rings is 1. The summed E-state index contributed by atoms with van der Waals surface area (Å²) < 4.78 is 13.3. The number of anilines is 2. The highest BCUT2D eigenvalue weighted by Crippen LogP contribution is 2.27. The minimum atomic E-state index is -0.721. The van der Waals surface area contributed by atoms with Crippen LogP contribution in [0.15, 0.2) is 30.5 Å². The summed E-state index contributed by atoms with van der Waals surface area (Å²) in [5, 5.41) is 5.13. The summed E-state index contributed by atoms with van der Waals surface area (Å²) in [6.07, 6.45) is 1.51. The van der Waals surface area contributed by atoms with Gasteiger partial charge in [-0.15, -0.1) is 0 Å². The van der Waals surface area contributed by atoms with Crippen LogP contribution < -0.4 is 10.6 Å². The third-order valence-corrected chi connectivity index (χ3v) is 3.07. The molecule has 2 aromatic rings. The van der Waals surface area contributed by atoms with E-state index >= 15 is 0 Å². The lowest BCUT2D eigenvalue weighted by atomic mass is 10.2. The van der Waals surface area contributed by atoms with Gasteiger partial charge in [-0.05, 0) is 24.3 Å². The van der Waals surface area contributed by atoms with Crippen molar-refractivity contribution in [3.8, 4) is 0 Å². The zero-order valence-corrected chi connectivity index (χ0v) is 11.9. The summed E-state index contributed by atoms with van der Waals surface area (Å²) in [4.78, 5) is 16.0. The lowest BCUT2D eigenvalue weighted by molar-refractivity contribution is 0.102. The highest BCUT2D eigenvalue weighted by molar-refractivity contribution is 6.35. The van der Waals surface area contributed by atoms with Gasteiger partial charge in [0.2, 0.25) is 0 Å². The molecule has 7 heteroatoms. The Morgan fingerprint density at radius 2 is 1.85 bits per heavy atom. The largest absolute Gasteiger partial charge is 0.388 e. The Hall–Kier alpha value is -1.85. The van der Waals surface area contributed by atoms with Crippen molar-refractivity contribution in [2.45, 2.75) is 0 Å².